The summed E-state index contributed by atoms with van der Waals surface area (Å²) in [6, 6.07) is 5.89. The maximum atomic E-state index is 13.3. The van der Waals surface area contributed by atoms with Crippen LogP contribution in [0.5, 0.6) is 0 Å². The van der Waals surface area contributed by atoms with Crippen LogP contribution >= 0.6 is 0 Å². The monoisotopic (exact) mass is 401 g/mol. The molecule has 3 rings (SSSR count). The minimum Gasteiger partial charge on any atom is -0.342 e. The zero-order valence-electron chi connectivity index (χ0n) is 16.9. The van der Waals surface area contributed by atoms with Gasteiger partial charge in [-0.05, 0) is 25.0 Å². The molecule has 0 spiro atoms. The SMILES string of the molecule is CC(C)C(=O)N1CCC(N(C)C(=O)Nc2cnc(-c3cccc(F)c3)cn2)CC1.[HH]. The highest BCUT2D eigenvalue weighted by molar-refractivity contribution is 5.88. The van der Waals surface area contributed by atoms with E-state index in [1.54, 1.807) is 24.1 Å². The lowest BCUT2D eigenvalue weighted by Crippen LogP contribution is -2.49. The Kier molecular flexibility index (Phi) is 6.41. The molecule has 0 atom stereocenters. The number of aromatic nitrogens is 2. The Bertz CT molecular complexity index is 870. The molecule has 1 aromatic carbocycles. The fourth-order valence-electron chi connectivity index (χ4n) is 3.39. The van der Waals surface area contributed by atoms with Gasteiger partial charge >= 0.3 is 6.03 Å². The van der Waals surface area contributed by atoms with E-state index in [-0.39, 0.29) is 31.1 Å². The van der Waals surface area contributed by atoms with E-state index >= 15 is 0 Å². The third-order valence-electron chi connectivity index (χ3n) is 5.15. The quantitative estimate of drug-likeness (QED) is 0.848. The van der Waals surface area contributed by atoms with Crippen LogP contribution in [0.15, 0.2) is 36.7 Å². The second-order valence-corrected chi connectivity index (χ2v) is 7.55. The predicted octanol–water partition coefficient (Wildman–Crippen LogP) is 3.64. The summed E-state index contributed by atoms with van der Waals surface area (Å²) in [5, 5.41) is 2.74. The zero-order valence-corrected chi connectivity index (χ0v) is 16.9. The molecule has 2 aromatic rings. The molecule has 0 saturated carbocycles. The number of anilines is 1. The number of carbonyl (C=O) groups is 2. The number of nitrogens with one attached hydrogen (secondary N) is 1. The molecule has 0 unspecified atom stereocenters. The number of hydrogen-bond donors (Lipinski definition) is 1. The van der Waals surface area contributed by atoms with Gasteiger partial charge in [0.1, 0.15) is 5.82 Å². The molecule has 29 heavy (non-hydrogen) atoms. The molecule has 1 aliphatic rings. The maximum absolute atomic E-state index is 13.3. The van der Waals surface area contributed by atoms with Crippen LogP contribution in [0.1, 0.15) is 28.1 Å². The van der Waals surface area contributed by atoms with Crippen LogP contribution in [-0.2, 0) is 4.79 Å². The first-order valence-electron chi connectivity index (χ1n) is 9.75. The number of amides is 3. The van der Waals surface area contributed by atoms with E-state index in [2.05, 4.69) is 15.3 Å². The van der Waals surface area contributed by atoms with Crippen LogP contribution in [0.3, 0.4) is 0 Å². The molecule has 0 radical (unpaired) electrons. The molecule has 1 N–H and O–H groups in total. The van der Waals surface area contributed by atoms with Gasteiger partial charge in [-0.15, -0.1) is 0 Å². The molecular formula is C21H28FN5O2. The number of nitrogens with zero attached hydrogens (tertiary/aromatic N) is 4. The van der Waals surface area contributed by atoms with Gasteiger partial charge in [-0.2, -0.15) is 0 Å². The van der Waals surface area contributed by atoms with Crippen molar-refractivity contribution in [1.82, 2.24) is 19.8 Å². The molecular weight excluding hydrogens is 373 g/mol. The van der Waals surface area contributed by atoms with Gasteiger partial charge in [0.15, 0.2) is 5.82 Å². The smallest absolute Gasteiger partial charge is 0.323 e. The van der Waals surface area contributed by atoms with Gasteiger partial charge in [-0.3, -0.25) is 15.1 Å². The Morgan fingerprint density at radius 3 is 2.55 bits per heavy atom. The number of urea groups is 1. The van der Waals surface area contributed by atoms with Crippen LogP contribution in [0, 0.1) is 11.7 Å². The van der Waals surface area contributed by atoms with E-state index in [4.69, 9.17) is 0 Å². The van der Waals surface area contributed by atoms with E-state index in [0.29, 0.717) is 30.2 Å². The lowest BCUT2D eigenvalue weighted by Gasteiger charge is -2.37. The minimum absolute atomic E-state index is 0. The van der Waals surface area contributed by atoms with Crippen molar-refractivity contribution in [2.24, 2.45) is 5.92 Å². The van der Waals surface area contributed by atoms with E-state index < -0.39 is 0 Å². The van der Waals surface area contributed by atoms with Crippen molar-refractivity contribution in [3.63, 3.8) is 0 Å². The predicted molar refractivity (Wildman–Crippen MR) is 111 cm³/mol. The van der Waals surface area contributed by atoms with Crippen molar-refractivity contribution >= 4 is 17.8 Å². The number of benzene rings is 1. The summed E-state index contributed by atoms with van der Waals surface area (Å²) in [4.78, 5) is 36.6. The maximum Gasteiger partial charge on any atom is 0.323 e. The topological polar surface area (TPSA) is 78.4 Å². The van der Waals surface area contributed by atoms with E-state index in [9.17, 15) is 14.0 Å². The summed E-state index contributed by atoms with van der Waals surface area (Å²) in [7, 11) is 1.74. The molecule has 3 amide bonds. The summed E-state index contributed by atoms with van der Waals surface area (Å²) in [5.41, 5.74) is 1.15. The Hall–Kier alpha value is -3.03. The zero-order chi connectivity index (χ0) is 21.0. The minimum atomic E-state index is -0.343. The molecule has 2 heterocycles. The second kappa shape index (κ2) is 8.98. The van der Waals surface area contributed by atoms with Gasteiger partial charge in [0.2, 0.25) is 5.91 Å². The average Bonchev–Trinajstić information content (AvgIpc) is 2.73. The van der Waals surface area contributed by atoms with Crippen molar-refractivity contribution in [3.8, 4) is 11.3 Å². The standard InChI is InChI=1S/C21H26FN5O2.H2/c1-14(2)20(28)27-9-7-17(8-10-27)26(3)21(29)25-19-13-23-18(12-24-19)15-5-4-6-16(22)11-15;/h4-6,11-14,17H,7-10H2,1-3H3,(H,24,25,29);1H. The molecule has 0 aliphatic carbocycles. The lowest BCUT2D eigenvalue weighted by molar-refractivity contribution is -0.135. The molecule has 8 heteroatoms. The van der Waals surface area contributed by atoms with Crippen molar-refractivity contribution < 1.29 is 15.4 Å². The van der Waals surface area contributed by atoms with Gasteiger partial charge in [0.25, 0.3) is 0 Å². The first kappa shape index (κ1) is 20.7. The normalized spacial score (nSPS) is 14.7. The lowest BCUT2D eigenvalue weighted by atomic mass is 10.0. The molecule has 0 bridgehead atoms. The van der Waals surface area contributed by atoms with Gasteiger partial charge in [0.05, 0.1) is 18.1 Å². The Morgan fingerprint density at radius 2 is 1.97 bits per heavy atom. The molecule has 1 aromatic heterocycles. The van der Waals surface area contributed by atoms with Crippen molar-refractivity contribution in [2.75, 3.05) is 25.5 Å². The molecule has 7 nitrogen and oxygen atoms in total. The number of rotatable bonds is 4. The van der Waals surface area contributed by atoms with E-state index in [1.165, 1.54) is 24.5 Å². The van der Waals surface area contributed by atoms with Gasteiger partial charge < -0.3 is 9.80 Å². The van der Waals surface area contributed by atoms with Gasteiger partial charge in [-0.1, -0.05) is 26.0 Å². The van der Waals surface area contributed by atoms with Crippen molar-refractivity contribution in [2.45, 2.75) is 32.7 Å². The Labute approximate surface area is 171 Å². The average molecular weight is 401 g/mol. The molecule has 1 saturated heterocycles. The fourth-order valence-corrected chi connectivity index (χ4v) is 3.39. The highest BCUT2D eigenvalue weighted by atomic mass is 19.1. The number of hydrogen-bond acceptors (Lipinski definition) is 4. The first-order chi connectivity index (χ1) is 13.8. The van der Waals surface area contributed by atoms with Crippen LogP contribution in [0.4, 0.5) is 15.0 Å². The first-order valence-corrected chi connectivity index (χ1v) is 9.75. The molecule has 156 valence electrons. The summed E-state index contributed by atoms with van der Waals surface area (Å²) >= 11 is 0. The van der Waals surface area contributed by atoms with Gasteiger partial charge in [-0.25, -0.2) is 14.2 Å². The largest absolute Gasteiger partial charge is 0.342 e. The molecule has 1 aliphatic heterocycles. The van der Waals surface area contributed by atoms with E-state index in [0.717, 1.165) is 12.8 Å². The third-order valence-corrected chi connectivity index (χ3v) is 5.15. The Balaban J connectivity index is 0.00000320. The number of piperidine rings is 1. The van der Waals surface area contributed by atoms with Crippen LogP contribution in [0.25, 0.3) is 11.3 Å². The summed E-state index contributed by atoms with van der Waals surface area (Å²) in [5.74, 6) is 0.129. The summed E-state index contributed by atoms with van der Waals surface area (Å²) in [6.45, 7) is 5.10. The van der Waals surface area contributed by atoms with E-state index in [1.807, 2.05) is 18.7 Å². The van der Waals surface area contributed by atoms with Gasteiger partial charge in [0, 0.05) is 39.1 Å². The summed E-state index contributed by atoms with van der Waals surface area (Å²) < 4.78 is 13.3. The van der Waals surface area contributed by atoms with Crippen molar-refractivity contribution in [3.05, 3.63) is 42.5 Å². The number of carbonyl (C=O) groups excluding carboxylic acids is 2. The Morgan fingerprint density at radius 1 is 1.24 bits per heavy atom. The number of halogens is 1. The van der Waals surface area contributed by atoms with Crippen LogP contribution in [0.2, 0.25) is 0 Å². The number of likely N-dealkylation sites (tertiary alicyclic amines) is 1. The highest BCUT2D eigenvalue weighted by Crippen LogP contribution is 2.20. The fraction of sp³-hybridized carbons (Fsp3) is 0.429. The third kappa shape index (κ3) is 5.07. The highest BCUT2D eigenvalue weighted by Gasteiger charge is 2.28. The molecule has 1 fully saturated rings. The van der Waals surface area contributed by atoms with Crippen LogP contribution < -0.4 is 5.32 Å². The summed E-state index contributed by atoms with van der Waals surface area (Å²) in [6.07, 6.45) is 4.44. The second-order valence-electron chi connectivity index (χ2n) is 7.55. The van der Waals surface area contributed by atoms with Crippen molar-refractivity contribution in [1.29, 1.82) is 0 Å². The van der Waals surface area contributed by atoms with Crippen LogP contribution in [-0.4, -0.2) is 57.9 Å².